The van der Waals surface area contributed by atoms with Gasteiger partial charge in [-0.25, -0.2) is 14.8 Å². The number of carbonyl (C=O) groups is 1. The number of carboxylic acids is 1. The van der Waals surface area contributed by atoms with E-state index in [4.69, 9.17) is 5.11 Å². The van der Waals surface area contributed by atoms with Crippen LogP contribution in [0.25, 0.3) is 0 Å². The van der Waals surface area contributed by atoms with Gasteiger partial charge in [-0.05, 0) is 12.1 Å². The van der Waals surface area contributed by atoms with Gasteiger partial charge in [0.15, 0.2) is 0 Å². The van der Waals surface area contributed by atoms with E-state index in [9.17, 15) is 4.79 Å². The highest BCUT2D eigenvalue weighted by atomic mass is 28.3. The van der Waals surface area contributed by atoms with E-state index in [1.165, 1.54) is 22.8 Å². The number of benzene rings is 1. The number of hydrogen-bond donors (Lipinski definition) is 1. The van der Waals surface area contributed by atoms with Gasteiger partial charge in [-0.15, -0.1) is 0 Å². The first-order chi connectivity index (χ1) is 11.4. The van der Waals surface area contributed by atoms with Crippen LogP contribution in [-0.4, -0.2) is 44.2 Å². The fraction of sp³-hybridized carbons (Fsp3) is 0.389. The molecule has 134 valence electrons. The van der Waals surface area contributed by atoms with Crippen LogP contribution < -0.4 is 15.3 Å². The van der Waals surface area contributed by atoms with Gasteiger partial charge in [-0.3, -0.25) is 0 Å². The van der Waals surface area contributed by atoms with Crippen molar-refractivity contribution in [2.24, 2.45) is 0 Å². The molecule has 0 spiro atoms. The minimum absolute atomic E-state index is 0.0933. The number of aromatic nitrogens is 2. The SMILES string of the molecule is CN(c1cc([Si](C)(C)C)cc([Si](C)(C)C)c1)c1ncc(C(=O)O)cn1. The lowest BCUT2D eigenvalue weighted by molar-refractivity contribution is 0.0696. The zero-order valence-corrected chi connectivity index (χ0v) is 18.1. The Morgan fingerprint density at radius 1 is 0.920 bits per heavy atom. The molecule has 0 aliphatic rings. The van der Waals surface area contributed by atoms with E-state index in [1.54, 1.807) is 0 Å². The molecular formula is C18H27N3O2Si2. The van der Waals surface area contributed by atoms with Gasteiger partial charge in [0.05, 0.1) is 21.7 Å². The molecule has 0 saturated carbocycles. The summed E-state index contributed by atoms with van der Waals surface area (Å²) < 4.78 is 0. The smallest absolute Gasteiger partial charge is 0.338 e. The summed E-state index contributed by atoms with van der Waals surface area (Å²) >= 11 is 0. The summed E-state index contributed by atoms with van der Waals surface area (Å²) in [6, 6.07) is 6.83. The van der Waals surface area contributed by atoms with Crippen LogP contribution in [-0.2, 0) is 0 Å². The third-order valence-corrected chi connectivity index (χ3v) is 8.26. The minimum Gasteiger partial charge on any atom is -0.478 e. The number of anilines is 2. The highest BCUT2D eigenvalue weighted by Crippen LogP contribution is 2.20. The van der Waals surface area contributed by atoms with Crippen molar-refractivity contribution in [3.05, 3.63) is 36.2 Å². The summed E-state index contributed by atoms with van der Waals surface area (Å²) in [6.07, 6.45) is 2.70. The van der Waals surface area contributed by atoms with E-state index in [0.29, 0.717) is 5.95 Å². The lowest BCUT2D eigenvalue weighted by Gasteiger charge is -2.27. The topological polar surface area (TPSA) is 66.3 Å². The predicted octanol–water partition coefficient (Wildman–Crippen LogP) is 3.03. The molecule has 0 saturated heterocycles. The largest absolute Gasteiger partial charge is 0.478 e. The molecule has 1 aromatic carbocycles. The van der Waals surface area contributed by atoms with Crippen molar-refractivity contribution in [2.75, 3.05) is 11.9 Å². The van der Waals surface area contributed by atoms with Gasteiger partial charge in [-0.2, -0.15) is 0 Å². The first kappa shape index (κ1) is 19.3. The van der Waals surface area contributed by atoms with Gasteiger partial charge in [-0.1, -0.05) is 55.7 Å². The van der Waals surface area contributed by atoms with Crippen molar-refractivity contribution in [1.29, 1.82) is 0 Å². The third-order valence-electron chi connectivity index (χ3n) is 4.22. The summed E-state index contributed by atoms with van der Waals surface area (Å²) in [6.45, 7) is 14.1. The summed E-state index contributed by atoms with van der Waals surface area (Å²) in [5.41, 5.74) is 1.15. The zero-order chi connectivity index (χ0) is 19.0. The molecule has 1 aromatic heterocycles. The van der Waals surface area contributed by atoms with Crippen molar-refractivity contribution in [3.63, 3.8) is 0 Å². The Morgan fingerprint density at radius 2 is 1.36 bits per heavy atom. The highest BCUT2D eigenvalue weighted by molar-refractivity contribution is 6.91. The second kappa shape index (κ2) is 6.72. The number of carboxylic acid groups (broad SMARTS) is 1. The molecule has 0 amide bonds. The Labute approximate surface area is 151 Å². The van der Waals surface area contributed by atoms with Crippen LogP contribution in [0.2, 0.25) is 39.3 Å². The van der Waals surface area contributed by atoms with Crippen molar-refractivity contribution < 1.29 is 9.90 Å². The van der Waals surface area contributed by atoms with Gasteiger partial charge in [0.1, 0.15) is 0 Å². The Hall–Kier alpha value is -2.00. The van der Waals surface area contributed by atoms with Gasteiger partial charge >= 0.3 is 5.97 Å². The molecule has 1 N–H and O–H groups in total. The monoisotopic (exact) mass is 373 g/mol. The van der Waals surface area contributed by atoms with Crippen LogP contribution in [0.4, 0.5) is 11.6 Å². The normalized spacial score (nSPS) is 12.1. The molecule has 25 heavy (non-hydrogen) atoms. The quantitative estimate of drug-likeness (QED) is 0.816. The summed E-state index contributed by atoms with van der Waals surface area (Å²) in [5.74, 6) is -0.518. The van der Waals surface area contributed by atoms with E-state index in [-0.39, 0.29) is 5.56 Å². The number of rotatable bonds is 5. The van der Waals surface area contributed by atoms with Gasteiger partial charge in [0.25, 0.3) is 0 Å². The van der Waals surface area contributed by atoms with E-state index in [0.717, 1.165) is 5.69 Å². The molecule has 5 nitrogen and oxygen atoms in total. The number of nitrogens with zero attached hydrogens (tertiary/aromatic N) is 3. The van der Waals surface area contributed by atoms with E-state index in [1.807, 2.05) is 11.9 Å². The minimum atomic E-state index is -1.47. The van der Waals surface area contributed by atoms with Crippen molar-refractivity contribution in [1.82, 2.24) is 9.97 Å². The van der Waals surface area contributed by atoms with Crippen LogP contribution in [0.1, 0.15) is 10.4 Å². The van der Waals surface area contributed by atoms with Gasteiger partial charge in [0.2, 0.25) is 5.95 Å². The summed E-state index contributed by atoms with van der Waals surface area (Å²) in [4.78, 5) is 21.3. The fourth-order valence-electron chi connectivity index (χ4n) is 2.39. The third kappa shape index (κ3) is 4.55. The second-order valence-corrected chi connectivity index (χ2v) is 18.6. The molecular weight excluding hydrogens is 346 g/mol. The molecule has 0 aliphatic carbocycles. The standard InChI is InChI=1S/C18H27N3O2Si2/c1-21(18-19-11-13(12-20-18)17(22)23)14-8-15(24(2,3)4)10-16(9-14)25(5,6)7/h8-12H,1-7H3,(H,22,23). The van der Waals surface area contributed by atoms with Gasteiger partial charge < -0.3 is 10.0 Å². The Morgan fingerprint density at radius 3 is 1.72 bits per heavy atom. The second-order valence-electron chi connectivity index (χ2n) is 8.40. The first-order valence-corrected chi connectivity index (χ1v) is 15.3. The molecule has 0 atom stereocenters. The molecule has 1 heterocycles. The Balaban J connectivity index is 2.51. The molecule has 0 fully saturated rings. The molecule has 0 aliphatic heterocycles. The number of aromatic carboxylic acids is 1. The fourth-order valence-corrected chi connectivity index (χ4v) is 4.87. The predicted molar refractivity (Wildman–Crippen MR) is 109 cm³/mol. The van der Waals surface area contributed by atoms with E-state index < -0.39 is 22.1 Å². The van der Waals surface area contributed by atoms with Crippen LogP contribution in [0.3, 0.4) is 0 Å². The summed E-state index contributed by atoms with van der Waals surface area (Å²) in [7, 11) is -1.01. The zero-order valence-electron chi connectivity index (χ0n) is 16.1. The van der Waals surface area contributed by atoms with Crippen LogP contribution in [0.15, 0.2) is 30.6 Å². The van der Waals surface area contributed by atoms with Crippen molar-refractivity contribution in [3.8, 4) is 0 Å². The van der Waals surface area contributed by atoms with Crippen LogP contribution >= 0.6 is 0 Å². The summed E-state index contributed by atoms with van der Waals surface area (Å²) in [5, 5.41) is 11.8. The van der Waals surface area contributed by atoms with E-state index in [2.05, 4.69) is 67.4 Å². The molecule has 0 unspecified atom stereocenters. The molecule has 2 rings (SSSR count). The van der Waals surface area contributed by atoms with Crippen molar-refractivity contribution in [2.45, 2.75) is 39.3 Å². The maximum atomic E-state index is 11.0. The Kier molecular flexibility index (Phi) is 5.20. The lowest BCUT2D eigenvalue weighted by Crippen LogP contribution is -2.45. The van der Waals surface area contributed by atoms with Crippen LogP contribution in [0, 0.1) is 0 Å². The maximum absolute atomic E-state index is 11.0. The number of hydrogen-bond acceptors (Lipinski definition) is 4. The molecule has 2 aromatic rings. The lowest BCUT2D eigenvalue weighted by atomic mass is 10.3. The van der Waals surface area contributed by atoms with Crippen molar-refractivity contribution >= 4 is 44.1 Å². The average Bonchev–Trinajstić information content (AvgIpc) is 2.52. The maximum Gasteiger partial charge on any atom is 0.338 e. The van der Waals surface area contributed by atoms with Gasteiger partial charge in [0, 0.05) is 25.1 Å². The van der Waals surface area contributed by atoms with E-state index >= 15 is 0 Å². The average molecular weight is 374 g/mol. The van der Waals surface area contributed by atoms with Crippen LogP contribution in [0.5, 0.6) is 0 Å². The molecule has 0 radical (unpaired) electrons. The highest BCUT2D eigenvalue weighted by Gasteiger charge is 2.24. The molecule has 7 heteroatoms. The molecule has 0 bridgehead atoms. The first-order valence-electron chi connectivity index (χ1n) is 8.35. The Bertz CT molecular complexity index is 746.